The van der Waals surface area contributed by atoms with Crippen molar-refractivity contribution in [3.05, 3.63) is 75.9 Å². The molecule has 0 spiro atoms. The molecule has 0 atom stereocenters. The van der Waals surface area contributed by atoms with Crippen LogP contribution >= 0.6 is 0 Å². The summed E-state index contributed by atoms with van der Waals surface area (Å²) >= 11 is 0. The summed E-state index contributed by atoms with van der Waals surface area (Å²) in [4.78, 5) is 27.2. The SMILES string of the molecule is CCCCCCN1C(=O)C(C#N)=C(C)/C(=C\c2ccc(OCc3ccc(C)cc3)c(OC)c2)C1=O. The molecule has 2 amide bonds. The van der Waals surface area contributed by atoms with Gasteiger partial charge in [0.15, 0.2) is 11.5 Å². The molecule has 0 saturated carbocycles. The standard InChI is InChI=1S/C29H32N2O4/c1-5-6-7-8-15-31-28(32)24(21(3)25(18-30)29(31)33)16-23-13-14-26(27(17-23)34-4)35-19-22-11-9-20(2)10-12-22/h9-14,16-17H,5-8,15,19H2,1-4H3/b24-16+. The van der Waals surface area contributed by atoms with Crippen molar-refractivity contribution < 1.29 is 19.1 Å². The zero-order valence-corrected chi connectivity index (χ0v) is 20.9. The van der Waals surface area contributed by atoms with Crippen LogP contribution in [-0.4, -0.2) is 30.4 Å². The molecule has 6 nitrogen and oxygen atoms in total. The van der Waals surface area contributed by atoms with Crippen LogP contribution in [0.5, 0.6) is 11.5 Å². The molecule has 35 heavy (non-hydrogen) atoms. The van der Waals surface area contributed by atoms with Crippen LogP contribution in [0, 0.1) is 18.3 Å². The lowest BCUT2D eigenvalue weighted by atomic mass is 9.93. The molecular formula is C29H32N2O4. The number of imide groups is 1. The van der Waals surface area contributed by atoms with Gasteiger partial charge in [0.25, 0.3) is 11.8 Å². The monoisotopic (exact) mass is 472 g/mol. The zero-order valence-electron chi connectivity index (χ0n) is 20.9. The molecule has 2 aromatic carbocycles. The molecule has 0 saturated heterocycles. The third-order valence-corrected chi connectivity index (χ3v) is 6.07. The average Bonchev–Trinajstić information content (AvgIpc) is 2.86. The van der Waals surface area contributed by atoms with E-state index in [9.17, 15) is 14.9 Å². The molecule has 182 valence electrons. The maximum atomic E-state index is 13.2. The van der Waals surface area contributed by atoms with Crippen molar-refractivity contribution >= 4 is 17.9 Å². The Bertz CT molecular complexity index is 1190. The van der Waals surface area contributed by atoms with Crippen LogP contribution in [-0.2, 0) is 16.2 Å². The molecule has 3 rings (SSSR count). The first-order valence-electron chi connectivity index (χ1n) is 11.9. The van der Waals surface area contributed by atoms with Gasteiger partial charge >= 0.3 is 0 Å². The predicted octanol–water partition coefficient (Wildman–Crippen LogP) is 5.76. The Balaban J connectivity index is 1.85. The first kappa shape index (κ1) is 25.8. The first-order chi connectivity index (χ1) is 16.9. The fraction of sp³-hybridized carbons (Fsp3) is 0.345. The lowest BCUT2D eigenvalue weighted by Gasteiger charge is -2.27. The van der Waals surface area contributed by atoms with Crippen LogP contribution in [0.15, 0.2) is 59.2 Å². The molecule has 0 N–H and O–H groups in total. The van der Waals surface area contributed by atoms with Gasteiger partial charge in [-0.2, -0.15) is 5.26 Å². The fourth-order valence-corrected chi connectivity index (χ4v) is 3.93. The van der Waals surface area contributed by atoms with Gasteiger partial charge < -0.3 is 9.47 Å². The highest BCUT2D eigenvalue weighted by molar-refractivity contribution is 6.19. The second-order valence-corrected chi connectivity index (χ2v) is 8.68. The minimum atomic E-state index is -0.513. The van der Waals surface area contributed by atoms with Gasteiger partial charge in [-0.05, 0) is 55.2 Å². The fourth-order valence-electron chi connectivity index (χ4n) is 3.93. The number of hydrogen-bond acceptors (Lipinski definition) is 5. The van der Waals surface area contributed by atoms with E-state index >= 15 is 0 Å². The quantitative estimate of drug-likeness (QED) is 0.250. The maximum absolute atomic E-state index is 13.2. The first-order valence-corrected chi connectivity index (χ1v) is 11.9. The molecule has 0 unspecified atom stereocenters. The Kier molecular flexibility index (Phi) is 8.86. The smallest absolute Gasteiger partial charge is 0.271 e. The molecule has 6 heteroatoms. The molecule has 1 aliphatic rings. The normalized spacial score (nSPS) is 14.9. The molecule has 1 heterocycles. The Hall–Kier alpha value is -3.85. The topological polar surface area (TPSA) is 79.6 Å². The highest BCUT2D eigenvalue weighted by Gasteiger charge is 2.35. The van der Waals surface area contributed by atoms with Gasteiger partial charge in [-0.1, -0.05) is 62.1 Å². The Morgan fingerprint density at radius 1 is 0.971 bits per heavy atom. The van der Waals surface area contributed by atoms with Crippen LogP contribution in [0.4, 0.5) is 0 Å². The molecule has 0 aliphatic carbocycles. The molecule has 0 bridgehead atoms. The van der Waals surface area contributed by atoms with Crippen molar-refractivity contribution in [1.82, 2.24) is 4.90 Å². The van der Waals surface area contributed by atoms with Gasteiger partial charge in [-0.25, -0.2) is 0 Å². The number of hydrogen-bond donors (Lipinski definition) is 0. The van der Waals surface area contributed by atoms with E-state index in [-0.39, 0.29) is 11.5 Å². The van der Waals surface area contributed by atoms with E-state index in [1.165, 1.54) is 10.5 Å². The summed E-state index contributed by atoms with van der Waals surface area (Å²) in [6.07, 6.45) is 5.45. The van der Waals surface area contributed by atoms with Crippen molar-refractivity contribution in [3.8, 4) is 17.6 Å². The number of nitriles is 1. The van der Waals surface area contributed by atoms with E-state index in [4.69, 9.17) is 9.47 Å². The van der Waals surface area contributed by atoms with Crippen molar-refractivity contribution in [2.45, 2.75) is 53.1 Å². The summed E-state index contributed by atoms with van der Waals surface area (Å²) in [6.45, 7) is 6.49. The lowest BCUT2D eigenvalue weighted by molar-refractivity contribution is -0.140. The number of carbonyl (C=O) groups excluding carboxylic acids is 2. The number of rotatable bonds is 10. The summed E-state index contributed by atoms with van der Waals surface area (Å²) in [5.74, 6) is 0.231. The molecule has 2 aromatic rings. The number of carbonyl (C=O) groups is 2. The summed E-state index contributed by atoms with van der Waals surface area (Å²) in [7, 11) is 1.56. The second kappa shape index (κ2) is 12.0. The van der Waals surface area contributed by atoms with E-state index in [1.807, 2.05) is 43.3 Å². The van der Waals surface area contributed by atoms with Gasteiger partial charge in [-0.3, -0.25) is 14.5 Å². The van der Waals surface area contributed by atoms with Crippen LogP contribution in [0.2, 0.25) is 0 Å². The van der Waals surface area contributed by atoms with E-state index in [0.29, 0.717) is 41.4 Å². The third-order valence-electron chi connectivity index (χ3n) is 6.07. The number of benzene rings is 2. The van der Waals surface area contributed by atoms with Crippen molar-refractivity contribution in [3.63, 3.8) is 0 Å². The summed E-state index contributed by atoms with van der Waals surface area (Å²) < 4.78 is 11.5. The van der Waals surface area contributed by atoms with Crippen LogP contribution in [0.1, 0.15) is 56.2 Å². The van der Waals surface area contributed by atoms with E-state index in [1.54, 1.807) is 32.2 Å². The molecular weight excluding hydrogens is 440 g/mol. The number of nitrogens with zero attached hydrogens (tertiary/aromatic N) is 2. The van der Waals surface area contributed by atoms with Crippen LogP contribution in [0.25, 0.3) is 6.08 Å². The molecule has 0 fully saturated rings. The number of ether oxygens (including phenoxy) is 2. The van der Waals surface area contributed by atoms with Crippen molar-refractivity contribution in [2.24, 2.45) is 0 Å². The van der Waals surface area contributed by atoms with Gasteiger partial charge in [0.2, 0.25) is 0 Å². The highest BCUT2D eigenvalue weighted by atomic mass is 16.5. The predicted molar refractivity (Wildman–Crippen MR) is 136 cm³/mol. The second-order valence-electron chi connectivity index (χ2n) is 8.68. The van der Waals surface area contributed by atoms with Gasteiger partial charge in [0, 0.05) is 12.1 Å². The Morgan fingerprint density at radius 3 is 2.37 bits per heavy atom. The van der Waals surface area contributed by atoms with Crippen LogP contribution < -0.4 is 9.47 Å². The van der Waals surface area contributed by atoms with Gasteiger partial charge in [0.1, 0.15) is 18.2 Å². The minimum Gasteiger partial charge on any atom is -0.493 e. The highest BCUT2D eigenvalue weighted by Crippen LogP contribution is 2.32. The molecule has 0 radical (unpaired) electrons. The third kappa shape index (κ3) is 6.19. The van der Waals surface area contributed by atoms with E-state index in [2.05, 4.69) is 6.92 Å². The number of aryl methyl sites for hydroxylation is 1. The Morgan fingerprint density at radius 2 is 1.71 bits per heavy atom. The maximum Gasteiger partial charge on any atom is 0.271 e. The van der Waals surface area contributed by atoms with Crippen molar-refractivity contribution in [1.29, 1.82) is 5.26 Å². The van der Waals surface area contributed by atoms with Gasteiger partial charge in [-0.15, -0.1) is 0 Å². The van der Waals surface area contributed by atoms with Crippen LogP contribution in [0.3, 0.4) is 0 Å². The largest absolute Gasteiger partial charge is 0.493 e. The summed E-state index contributed by atoms with van der Waals surface area (Å²) in [6, 6.07) is 15.5. The minimum absolute atomic E-state index is 0.0105. The summed E-state index contributed by atoms with van der Waals surface area (Å²) in [5.41, 5.74) is 3.69. The number of unbranched alkanes of at least 4 members (excludes halogenated alkanes) is 3. The zero-order chi connectivity index (χ0) is 25.4. The van der Waals surface area contributed by atoms with E-state index < -0.39 is 5.91 Å². The van der Waals surface area contributed by atoms with Gasteiger partial charge in [0.05, 0.1) is 7.11 Å². The lowest BCUT2D eigenvalue weighted by Crippen LogP contribution is -2.43. The molecule has 1 aliphatic heterocycles. The Labute approximate surface area is 207 Å². The number of amides is 2. The number of methoxy groups -OCH3 is 1. The van der Waals surface area contributed by atoms with E-state index in [0.717, 1.165) is 31.2 Å². The van der Waals surface area contributed by atoms with Crippen molar-refractivity contribution in [2.75, 3.05) is 13.7 Å². The average molecular weight is 473 g/mol. The summed E-state index contributed by atoms with van der Waals surface area (Å²) in [5, 5.41) is 9.59. The molecule has 0 aromatic heterocycles.